The predicted octanol–water partition coefficient (Wildman–Crippen LogP) is 2.56. The minimum absolute atomic E-state index is 0.102. The summed E-state index contributed by atoms with van der Waals surface area (Å²) in [7, 11) is 0. The molecule has 2 amide bonds. The Morgan fingerprint density at radius 2 is 1.96 bits per heavy atom. The van der Waals surface area contributed by atoms with Crippen molar-refractivity contribution >= 4 is 11.8 Å². The molecule has 1 aromatic carbocycles. The summed E-state index contributed by atoms with van der Waals surface area (Å²) in [5, 5.41) is 2.83. The maximum Gasteiger partial charge on any atom is 0.274 e. The van der Waals surface area contributed by atoms with E-state index in [1.165, 1.54) is 35.6 Å². The first kappa shape index (κ1) is 19.5. The van der Waals surface area contributed by atoms with Crippen LogP contribution >= 0.6 is 0 Å². The van der Waals surface area contributed by atoms with Gasteiger partial charge >= 0.3 is 0 Å². The molecule has 0 aliphatic carbocycles. The van der Waals surface area contributed by atoms with Gasteiger partial charge in [-0.1, -0.05) is 25.5 Å². The third-order valence-electron chi connectivity index (χ3n) is 3.82. The lowest BCUT2D eigenvalue weighted by molar-refractivity contribution is -0.121. The third-order valence-corrected chi connectivity index (χ3v) is 3.82. The summed E-state index contributed by atoms with van der Waals surface area (Å²) in [6.45, 7) is 3.18. The zero-order valence-corrected chi connectivity index (χ0v) is 14.8. The van der Waals surface area contributed by atoms with Gasteiger partial charge in [0.2, 0.25) is 5.91 Å². The molecule has 2 rings (SSSR count). The summed E-state index contributed by atoms with van der Waals surface area (Å²) >= 11 is 0. The van der Waals surface area contributed by atoms with Crippen molar-refractivity contribution in [2.45, 2.75) is 32.7 Å². The van der Waals surface area contributed by atoms with Gasteiger partial charge in [0.15, 0.2) is 0 Å². The normalized spacial score (nSPS) is 10.4. The van der Waals surface area contributed by atoms with E-state index in [4.69, 9.17) is 0 Å². The number of hydrogen-bond acceptors (Lipinski definition) is 4. The molecule has 0 atom stereocenters. The van der Waals surface area contributed by atoms with Gasteiger partial charge in [-0.2, -0.15) is 0 Å². The lowest BCUT2D eigenvalue weighted by Gasteiger charge is -2.22. The van der Waals surface area contributed by atoms with Crippen LogP contribution in [0.4, 0.5) is 4.39 Å². The molecule has 0 saturated carbocycles. The van der Waals surface area contributed by atoms with Gasteiger partial charge < -0.3 is 10.2 Å². The second kappa shape index (κ2) is 10.2. The number of amides is 2. The van der Waals surface area contributed by atoms with Crippen LogP contribution in [0, 0.1) is 5.82 Å². The maximum atomic E-state index is 13.1. The molecule has 0 unspecified atom stereocenters. The zero-order chi connectivity index (χ0) is 18.8. The first-order valence-corrected chi connectivity index (χ1v) is 8.66. The molecule has 1 heterocycles. The molecule has 26 heavy (non-hydrogen) atoms. The zero-order valence-electron chi connectivity index (χ0n) is 14.8. The molecule has 7 heteroatoms. The molecule has 0 aliphatic heterocycles. The minimum Gasteiger partial charge on any atom is -0.356 e. The van der Waals surface area contributed by atoms with E-state index in [0.717, 1.165) is 18.4 Å². The molecule has 1 N–H and O–H groups in total. The summed E-state index contributed by atoms with van der Waals surface area (Å²) in [5.74, 6) is -0.755. The molecule has 138 valence electrons. The molecule has 0 bridgehead atoms. The summed E-state index contributed by atoms with van der Waals surface area (Å²) in [6.07, 6.45) is 6.44. The van der Waals surface area contributed by atoms with Crippen LogP contribution in [-0.2, 0) is 11.3 Å². The van der Waals surface area contributed by atoms with Crippen LogP contribution in [0.2, 0.25) is 0 Å². The first-order valence-electron chi connectivity index (χ1n) is 8.66. The first-order chi connectivity index (χ1) is 12.6. The van der Waals surface area contributed by atoms with E-state index in [9.17, 15) is 14.0 Å². The van der Waals surface area contributed by atoms with Crippen LogP contribution in [-0.4, -0.2) is 39.8 Å². The standard InChI is InChI=1S/C19H23FN4O2/c1-2-3-9-23-18(25)8-12-24(14-15-4-6-16(20)7-5-15)19(26)17-13-21-10-11-22-17/h4-7,10-11,13H,2-3,8-9,12,14H2,1H3,(H,23,25). The molecule has 0 radical (unpaired) electrons. The molecule has 2 aromatic rings. The van der Waals surface area contributed by atoms with Crippen molar-refractivity contribution < 1.29 is 14.0 Å². The Hall–Kier alpha value is -2.83. The summed E-state index contributed by atoms with van der Waals surface area (Å²) < 4.78 is 13.1. The lowest BCUT2D eigenvalue weighted by Crippen LogP contribution is -2.35. The van der Waals surface area contributed by atoms with Gasteiger partial charge in [0, 0.05) is 38.4 Å². The van der Waals surface area contributed by atoms with Gasteiger partial charge in [0.1, 0.15) is 11.5 Å². The van der Waals surface area contributed by atoms with Gasteiger partial charge in [-0.05, 0) is 24.1 Å². The number of rotatable bonds is 9. The highest BCUT2D eigenvalue weighted by Crippen LogP contribution is 2.10. The molecule has 0 fully saturated rings. The van der Waals surface area contributed by atoms with Crippen molar-refractivity contribution in [2.24, 2.45) is 0 Å². The largest absolute Gasteiger partial charge is 0.356 e. The monoisotopic (exact) mass is 358 g/mol. The number of nitrogens with one attached hydrogen (secondary N) is 1. The molecular formula is C19H23FN4O2. The fourth-order valence-electron chi connectivity index (χ4n) is 2.36. The average molecular weight is 358 g/mol. The fraction of sp³-hybridized carbons (Fsp3) is 0.368. The van der Waals surface area contributed by atoms with Crippen molar-refractivity contribution in [1.29, 1.82) is 0 Å². The van der Waals surface area contributed by atoms with Crippen LogP contribution < -0.4 is 5.32 Å². The maximum absolute atomic E-state index is 13.1. The summed E-state index contributed by atoms with van der Waals surface area (Å²) in [6, 6.07) is 5.93. The highest BCUT2D eigenvalue weighted by atomic mass is 19.1. The predicted molar refractivity (Wildman–Crippen MR) is 95.7 cm³/mol. The number of carbonyl (C=O) groups is 2. The van der Waals surface area contributed by atoms with E-state index in [2.05, 4.69) is 22.2 Å². The molecule has 0 saturated heterocycles. The highest BCUT2D eigenvalue weighted by Gasteiger charge is 2.18. The van der Waals surface area contributed by atoms with Crippen LogP contribution in [0.5, 0.6) is 0 Å². The second-order valence-electron chi connectivity index (χ2n) is 5.90. The van der Waals surface area contributed by atoms with Crippen LogP contribution in [0.15, 0.2) is 42.9 Å². The Labute approximate surface area is 152 Å². The second-order valence-corrected chi connectivity index (χ2v) is 5.90. The summed E-state index contributed by atoms with van der Waals surface area (Å²) in [5.41, 5.74) is 0.982. The van der Waals surface area contributed by atoms with Gasteiger partial charge in [-0.15, -0.1) is 0 Å². The SMILES string of the molecule is CCCCNC(=O)CCN(Cc1ccc(F)cc1)C(=O)c1cnccn1. The number of aromatic nitrogens is 2. The Morgan fingerprint density at radius 1 is 1.19 bits per heavy atom. The molecule has 6 nitrogen and oxygen atoms in total. The van der Waals surface area contributed by atoms with E-state index < -0.39 is 0 Å². The Balaban J connectivity index is 2.04. The number of benzene rings is 1. The molecule has 0 spiro atoms. The lowest BCUT2D eigenvalue weighted by atomic mass is 10.2. The minimum atomic E-state index is -0.337. The van der Waals surface area contributed by atoms with Crippen molar-refractivity contribution in [3.05, 3.63) is 59.9 Å². The number of halogens is 1. The van der Waals surface area contributed by atoms with E-state index >= 15 is 0 Å². The van der Waals surface area contributed by atoms with Crippen LogP contribution in [0.1, 0.15) is 42.2 Å². The molecule has 0 aliphatic rings. The van der Waals surface area contributed by atoms with Gasteiger partial charge in [-0.3, -0.25) is 14.6 Å². The van der Waals surface area contributed by atoms with Crippen LogP contribution in [0.25, 0.3) is 0 Å². The number of unbranched alkanes of at least 4 members (excludes halogenated alkanes) is 1. The van der Waals surface area contributed by atoms with E-state index in [1.807, 2.05) is 0 Å². The van der Waals surface area contributed by atoms with Gasteiger partial charge in [-0.25, -0.2) is 9.37 Å². The third kappa shape index (κ3) is 6.23. The Morgan fingerprint density at radius 3 is 2.62 bits per heavy atom. The molecule has 1 aromatic heterocycles. The topological polar surface area (TPSA) is 75.2 Å². The van der Waals surface area contributed by atoms with E-state index in [0.29, 0.717) is 6.54 Å². The Bertz CT molecular complexity index is 707. The van der Waals surface area contributed by atoms with Gasteiger partial charge in [0.05, 0.1) is 6.20 Å². The van der Waals surface area contributed by atoms with E-state index in [1.54, 1.807) is 12.1 Å². The number of carbonyl (C=O) groups excluding carboxylic acids is 2. The van der Waals surface area contributed by atoms with Crippen molar-refractivity contribution in [2.75, 3.05) is 13.1 Å². The Kier molecular flexibility index (Phi) is 7.67. The smallest absolute Gasteiger partial charge is 0.274 e. The van der Waals surface area contributed by atoms with Crippen molar-refractivity contribution in [3.63, 3.8) is 0 Å². The molecular weight excluding hydrogens is 335 g/mol. The van der Waals surface area contributed by atoms with Crippen molar-refractivity contribution in [1.82, 2.24) is 20.2 Å². The van der Waals surface area contributed by atoms with E-state index in [-0.39, 0.29) is 42.8 Å². The van der Waals surface area contributed by atoms with Gasteiger partial charge in [0.25, 0.3) is 5.91 Å². The quantitative estimate of drug-likeness (QED) is 0.699. The highest BCUT2D eigenvalue weighted by molar-refractivity contribution is 5.92. The number of nitrogens with zero attached hydrogens (tertiary/aromatic N) is 3. The van der Waals surface area contributed by atoms with Crippen LogP contribution in [0.3, 0.4) is 0 Å². The summed E-state index contributed by atoms with van der Waals surface area (Å²) in [4.78, 5) is 34.1. The average Bonchev–Trinajstić information content (AvgIpc) is 2.67. The number of hydrogen-bond donors (Lipinski definition) is 1. The fourth-order valence-corrected chi connectivity index (χ4v) is 2.36. The van der Waals surface area contributed by atoms with Crippen molar-refractivity contribution in [3.8, 4) is 0 Å².